The van der Waals surface area contributed by atoms with Gasteiger partial charge in [-0.15, -0.1) is 11.3 Å². The molecule has 2 N–H and O–H groups in total. The number of sulfonamides is 1. The fourth-order valence-electron chi connectivity index (χ4n) is 3.90. The zero-order valence-electron chi connectivity index (χ0n) is 15.6. The lowest BCUT2D eigenvalue weighted by molar-refractivity contribution is -0.119. The van der Waals surface area contributed by atoms with E-state index in [0.29, 0.717) is 11.3 Å². The van der Waals surface area contributed by atoms with E-state index >= 15 is 0 Å². The van der Waals surface area contributed by atoms with Crippen molar-refractivity contribution < 1.29 is 18.0 Å². The fraction of sp³-hybridized carbons (Fsp3) is 0.200. The first-order valence-electron chi connectivity index (χ1n) is 9.27. The summed E-state index contributed by atoms with van der Waals surface area (Å²) in [5.74, 6) is -0.577. The van der Waals surface area contributed by atoms with Crippen molar-refractivity contribution in [3.05, 3.63) is 58.1 Å². The third-order valence-corrected chi connectivity index (χ3v) is 8.91. The molecule has 0 aliphatic carbocycles. The molecule has 2 unspecified atom stereocenters. The number of hydrogen-bond donors (Lipinski definition) is 2. The van der Waals surface area contributed by atoms with Crippen LogP contribution in [0.1, 0.15) is 16.8 Å². The zero-order valence-corrected chi connectivity index (χ0v) is 18.0. The van der Waals surface area contributed by atoms with Crippen LogP contribution in [-0.2, 0) is 14.8 Å². The summed E-state index contributed by atoms with van der Waals surface area (Å²) in [7, 11) is -3.68. The third-order valence-electron chi connectivity index (χ3n) is 5.31. The predicted octanol–water partition coefficient (Wildman–Crippen LogP) is 2.99. The maximum absolute atomic E-state index is 13.3. The van der Waals surface area contributed by atoms with Crippen LogP contribution < -0.4 is 10.0 Å². The summed E-state index contributed by atoms with van der Waals surface area (Å²) in [6.45, 7) is 0.143. The van der Waals surface area contributed by atoms with E-state index in [1.807, 2.05) is 22.9 Å². The number of nitrogens with zero attached hydrogens (tertiary/aromatic N) is 1. The minimum Gasteiger partial charge on any atom is -0.325 e. The van der Waals surface area contributed by atoms with Gasteiger partial charge in [-0.1, -0.05) is 12.1 Å². The first kappa shape index (κ1) is 19.4. The van der Waals surface area contributed by atoms with Crippen molar-refractivity contribution >= 4 is 50.2 Å². The topological polar surface area (TPSA) is 95.6 Å². The summed E-state index contributed by atoms with van der Waals surface area (Å²) in [5.41, 5.74) is 2.79. The molecule has 0 spiro atoms. The number of fused-ring (bicyclic) bond motifs is 2. The molecule has 30 heavy (non-hydrogen) atoms. The van der Waals surface area contributed by atoms with Crippen molar-refractivity contribution in [1.29, 1.82) is 0 Å². The molecule has 1 aromatic carbocycles. The molecular weight excluding hydrogens is 442 g/mol. The number of anilines is 1. The van der Waals surface area contributed by atoms with Gasteiger partial charge < -0.3 is 10.2 Å². The van der Waals surface area contributed by atoms with Gasteiger partial charge in [0.15, 0.2) is 0 Å². The van der Waals surface area contributed by atoms with Crippen LogP contribution in [0.15, 0.2) is 56.7 Å². The SMILES string of the molecule is O=C1Nc2ccc(-c3ccsc3)cc2C(=O)N2CC(NS(=O)(=O)c3cccs3)CC12. The Balaban J connectivity index is 1.43. The monoisotopic (exact) mass is 459 g/mol. The van der Waals surface area contributed by atoms with Gasteiger partial charge in [0.05, 0.1) is 11.3 Å². The summed E-state index contributed by atoms with van der Waals surface area (Å²) in [6.07, 6.45) is 0.230. The average Bonchev–Trinajstić information content (AvgIpc) is 3.47. The molecule has 5 rings (SSSR count). The molecule has 3 aromatic rings. The van der Waals surface area contributed by atoms with E-state index in [-0.39, 0.29) is 29.0 Å². The molecule has 0 bridgehead atoms. The maximum Gasteiger partial charge on any atom is 0.256 e. The molecule has 0 saturated carbocycles. The summed E-state index contributed by atoms with van der Waals surface area (Å²) >= 11 is 2.69. The Labute approximate surface area is 181 Å². The van der Waals surface area contributed by atoms with Crippen LogP contribution >= 0.6 is 22.7 Å². The third kappa shape index (κ3) is 3.35. The van der Waals surface area contributed by atoms with E-state index in [4.69, 9.17) is 0 Å². The average molecular weight is 460 g/mol. The minimum absolute atomic E-state index is 0.143. The molecule has 2 atom stereocenters. The molecule has 10 heteroatoms. The van der Waals surface area contributed by atoms with Crippen LogP contribution in [0.4, 0.5) is 5.69 Å². The van der Waals surface area contributed by atoms with Crippen LogP contribution in [0.5, 0.6) is 0 Å². The van der Waals surface area contributed by atoms with Gasteiger partial charge in [-0.2, -0.15) is 11.3 Å². The molecule has 0 radical (unpaired) electrons. The maximum atomic E-state index is 13.3. The number of nitrogens with one attached hydrogen (secondary N) is 2. The first-order chi connectivity index (χ1) is 14.4. The largest absolute Gasteiger partial charge is 0.325 e. The molecule has 2 aliphatic rings. The van der Waals surface area contributed by atoms with E-state index in [1.165, 1.54) is 11.0 Å². The summed E-state index contributed by atoms with van der Waals surface area (Å²) in [5, 5.41) is 8.48. The summed E-state index contributed by atoms with van der Waals surface area (Å²) in [6, 6.07) is 9.33. The van der Waals surface area contributed by atoms with E-state index in [0.717, 1.165) is 22.5 Å². The van der Waals surface area contributed by atoms with Crippen LogP contribution in [0.2, 0.25) is 0 Å². The lowest BCUT2D eigenvalue weighted by Gasteiger charge is -2.20. The van der Waals surface area contributed by atoms with Gasteiger partial charge in [0.25, 0.3) is 5.91 Å². The van der Waals surface area contributed by atoms with Crippen molar-refractivity contribution in [2.75, 3.05) is 11.9 Å². The highest BCUT2D eigenvalue weighted by molar-refractivity contribution is 7.91. The first-order valence-corrected chi connectivity index (χ1v) is 12.6. The van der Waals surface area contributed by atoms with E-state index in [9.17, 15) is 18.0 Å². The highest BCUT2D eigenvalue weighted by atomic mass is 32.2. The lowest BCUT2D eigenvalue weighted by atomic mass is 10.0. The summed E-state index contributed by atoms with van der Waals surface area (Å²) in [4.78, 5) is 27.5. The number of carbonyl (C=O) groups is 2. The van der Waals surface area contributed by atoms with Gasteiger partial charge in [0, 0.05) is 12.6 Å². The number of rotatable bonds is 4. The Hall–Kier alpha value is -2.53. The Kier molecular flexibility index (Phi) is 4.73. The Morgan fingerprint density at radius 2 is 1.97 bits per heavy atom. The molecule has 2 aliphatic heterocycles. The van der Waals surface area contributed by atoms with E-state index in [1.54, 1.807) is 34.9 Å². The number of thiophene rings is 2. The number of amides is 2. The Morgan fingerprint density at radius 3 is 2.70 bits per heavy atom. The Bertz CT molecular complexity index is 1220. The fourth-order valence-corrected chi connectivity index (χ4v) is 6.81. The van der Waals surface area contributed by atoms with E-state index in [2.05, 4.69) is 10.0 Å². The zero-order chi connectivity index (χ0) is 20.9. The quantitative estimate of drug-likeness (QED) is 0.627. The predicted molar refractivity (Wildman–Crippen MR) is 116 cm³/mol. The molecule has 2 aromatic heterocycles. The van der Waals surface area contributed by atoms with Gasteiger partial charge in [-0.05, 0) is 58.0 Å². The second-order valence-electron chi connectivity index (χ2n) is 7.22. The van der Waals surface area contributed by atoms with Crippen molar-refractivity contribution in [2.24, 2.45) is 0 Å². The van der Waals surface area contributed by atoms with E-state index < -0.39 is 22.1 Å². The van der Waals surface area contributed by atoms with Crippen molar-refractivity contribution in [2.45, 2.75) is 22.7 Å². The van der Waals surface area contributed by atoms with Crippen LogP contribution in [0.3, 0.4) is 0 Å². The molecule has 1 fully saturated rings. The van der Waals surface area contributed by atoms with Gasteiger partial charge >= 0.3 is 0 Å². The number of carbonyl (C=O) groups excluding carboxylic acids is 2. The number of hydrogen-bond acceptors (Lipinski definition) is 6. The highest BCUT2D eigenvalue weighted by Gasteiger charge is 2.44. The summed E-state index contributed by atoms with van der Waals surface area (Å²) < 4.78 is 28.0. The second kappa shape index (κ2) is 7.31. The van der Waals surface area contributed by atoms with Gasteiger partial charge in [0.1, 0.15) is 10.3 Å². The molecule has 4 heterocycles. The smallest absolute Gasteiger partial charge is 0.256 e. The van der Waals surface area contributed by atoms with Crippen LogP contribution in [0, 0.1) is 0 Å². The van der Waals surface area contributed by atoms with Gasteiger partial charge in [0.2, 0.25) is 15.9 Å². The van der Waals surface area contributed by atoms with Gasteiger partial charge in [-0.3, -0.25) is 9.59 Å². The van der Waals surface area contributed by atoms with Crippen molar-refractivity contribution in [3.8, 4) is 11.1 Å². The molecule has 2 amide bonds. The van der Waals surface area contributed by atoms with Gasteiger partial charge in [-0.25, -0.2) is 13.1 Å². The lowest BCUT2D eigenvalue weighted by Crippen LogP contribution is -2.41. The minimum atomic E-state index is -3.68. The van der Waals surface area contributed by atoms with Crippen molar-refractivity contribution in [3.63, 3.8) is 0 Å². The highest BCUT2D eigenvalue weighted by Crippen LogP contribution is 2.33. The van der Waals surface area contributed by atoms with Crippen molar-refractivity contribution in [1.82, 2.24) is 9.62 Å². The molecular formula is C20H17N3O4S3. The van der Waals surface area contributed by atoms with Crippen LogP contribution in [-0.4, -0.2) is 43.8 Å². The second-order valence-corrected chi connectivity index (χ2v) is 10.9. The number of benzene rings is 1. The standard InChI is InChI=1S/C20H17N3O4S3/c24-19-17-9-14(22-30(26,27)18-2-1-6-29-18)10-23(17)20(25)15-8-12(3-4-16(15)21-19)13-5-7-28-11-13/h1-8,11,14,17,22H,9-10H2,(H,21,24). The molecule has 1 saturated heterocycles. The molecule has 154 valence electrons. The Morgan fingerprint density at radius 1 is 1.10 bits per heavy atom. The normalized spacial score (nSPS) is 21.1. The molecule has 7 nitrogen and oxygen atoms in total. The van der Waals surface area contributed by atoms with Crippen LogP contribution in [0.25, 0.3) is 11.1 Å².